The van der Waals surface area contributed by atoms with E-state index in [4.69, 9.17) is 4.43 Å². The lowest BCUT2D eigenvalue weighted by molar-refractivity contribution is 0.400. The zero-order chi connectivity index (χ0) is 15.7. The minimum absolute atomic E-state index is 0.942. The molecule has 1 rings (SSSR count). The van der Waals surface area contributed by atoms with E-state index in [1.807, 2.05) is 0 Å². The Balaban J connectivity index is 2.79. The van der Waals surface area contributed by atoms with E-state index in [0.29, 0.717) is 0 Å². The molecule has 0 aromatic heterocycles. The second kappa shape index (κ2) is 8.91. The van der Waals surface area contributed by atoms with E-state index in [1.54, 1.807) is 0 Å². The van der Waals surface area contributed by atoms with Gasteiger partial charge in [0.25, 0.3) is 0 Å². The van der Waals surface area contributed by atoms with Crippen molar-refractivity contribution in [2.24, 2.45) is 0 Å². The maximum Gasteiger partial charge on any atom is 0.242 e. The normalized spacial score (nSPS) is 10.9. The van der Waals surface area contributed by atoms with Gasteiger partial charge in [-0.25, -0.2) is 0 Å². The predicted molar refractivity (Wildman–Crippen MR) is 94.9 cm³/mol. The van der Waals surface area contributed by atoms with E-state index >= 15 is 0 Å². The second-order valence-electron chi connectivity index (χ2n) is 6.63. The Labute approximate surface area is 131 Å². The minimum atomic E-state index is -1.57. The topological polar surface area (TPSA) is 9.23 Å². The molecule has 2 heteroatoms. The highest BCUT2D eigenvalue weighted by Gasteiger charge is 2.17. The maximum absolute atomic E-state index is 6.23. The van der Waals surface area contributed by atoms with Crippen molar-refractivity contribution in [3.05, 3.63) is 53.0 Å². The molecule has 0 aliphatic rings. The Bertz CT molecular complexity index is 476. The molecule has 0 aliphatic carbocycles. The van der Waals surface area contributed by atoms with Gasteiger partial charge in [0.15, 0.2) is 0 Å². The van der Waals surface area contributed by atoms with Gasteiger partial charge in [-0.2, -0.15) is 0 Å². The highest BCUT2D eigenvalue weighted by Crippen LogP contribution is 2.17. The first-order chi connectivity index (χ1) is 9.90. The molecule has 0 amide bonds. The van der Waals surface area contributed by atoms with Gasteiger partial charge >= 0.3 is 0 Å². The summed E-state index contributed by atoms with van der Waals surface area (Å²) >= 11 is 0. The first kappa shape index (κ1) is 17.8. The molecule has 0 saturated heterocycles. The number of hydrogen-bond acceptors (Lipinski definition) is 1. The molecule has 1 nitrogen and oxygen atoms in total. The monoisotopic (exact) mass is 302 g/mol. The molecule has 0 bridgehead atoms. The number of hydrogen-bond donors (Lipinski definition) is 0. The Morgan fingerprint density at radius 2 is 1.76 bits per heavy atom. The van der Waals surface area contributed by atoms with E-state index in [9.17, 15) is 0 Å². The lowest BCUT2D eigenvalue weighted by Gasteiger charge is -2.20. The number of allylic oxidation sites excluding steroid dienone is 1. The fourth-order valence-corrected chi connectivity index (χ4v) is 3.05. The number of unbranched alkanes of at least 4 members (excludes halogenated alkanes) is 1. The Morgan fingerprint density at radius 1 is 1.10 bits per heavy atom. The van der Waals surface area contributed by atoms with Crippen LogP contribution in [0.15, 0.2) is 47.4 Å². The van der Waals surface area contributed by atoms with E-state index in [-0.39, 0.29) is 0 Å². The van der Waals surface area contributed by atoms with Gasteiger partial charge in [0, 0.05) is 6.42 Å². The molecular weight excluding hydrogens is 272 g/mol. The van der Waals surface area contributed by atoms with Gasteiger partial charge < -0.3 is 4.43 Å². The minimum Gasteiger partial charge on any atom is -0.542 e. The summed E-state index contributed by atoms with van der Waals surface area (Å²) in [7, 11) is -1.57. The van der Waals surface area contributed by atoms with Crippen LogP contribution in [0, 0.1) is 0 Å². The fraction of sp³-hybridized carbons (Fsp3) is 0.526. The van der Waals surface area contributed by atoms with E-state index in [0.717, 1.165) is 25.0 Å². The average Bonchev–Trinajstić information content (AvgIpc) is 2.42. The molecule has 1 aromatic carbocycles. The fourth-order valence-electron chi connectivity index (χ4n) is 2.15. The van der Waals surface area contributed by atoms with Crippen LogP contribution in [-0.4, -0.2) is 8.32 Å². The lowest BCUT2D eigenvalue weighted by Crippen LogP contribution is -2.24. The molecule has 0 radical (unpaired) electrons. The molecule has 0 aliphatic heterocycles. The maximum atomic E-state index is 6.23. The summed E-state index contributed by atoms with van der Waals surface area (Å²) in [4.78, 5) is 0. The Morgan fingerprint density at radius 3 is 2.33 bits per heavy atom. The SMILES string of the molecule is CCCCC(C)=C=C(CCc1ccccc1)O[Si](C)(C)C. The van der Waals surface area contributed by atoms with Crippen molar-refractivity contribution in [2.45, 2.75) is 65.6 Å². The smallest absolute Gasteiger partial charge is 0.242 e. The summed E-state index contributed by atoms with van der Waals surface area (Å²) in [6.07, 6.45) is 5.55. The first-order valence-electron chi connectivity index (χ1n) is 8.09. The van der Waals surface area contributed by atoms with Crippen LogP contribution in [0.25, 0.3) is 0 Å². The molecule has 0 heterocycles. The zero-order valence-corrected chi connectivity index (χ0v) is 15.3. The Hall–Kier alpha value is -1.24. The van der Waals surface area contributed by atoms with Crippen LogP contribution in [0.5, 0.6) is 0 Å². The molecule has 0 unspecified atom stereocenters. The molecule has 0 atom stereocenters. The van der Waals surface area contributed by atoms with Gasteiger partial charge in [0.2, 0.25) is 8.32 Å². The molecule has 0 spiro atoms. The summed E-state index contributed by atoms with van der Waals surface area (Å²) in [6.45, 7) is 11.1. The van der Waals surface area contributed by atoms with Crippen molar-refractivity contribution < 1.29 is 4.43 Å². The van der Waals surface area contributed by atoms with Crippen LogP contribution >= 0.6 is 0 Å². The van der Waals surface area contributed by atoms with Gasteiger partial charge in [-0.05, 0) is 57.0 Å². The number of aryl methyl sites for hydroxylation is 1. The van der Waals surface area contributed by atoms with Crippen molar-refractivity contribution >= 4 is 8.32 Å². The van der Waals surface area contributed by atoms with Crippen LogP contribution in [0.3, 0.4) is 0 Å². The first-order valence-corrected chi connectivity index (χ1v) is 11.5. The Kier molecular flexibility index (Phi) is 7.56. The average molecular weight is 303 g/mol. The summed E-state index contributed by atoms with van der Waals surface area (Å²) in [5.41, 5.74) is 6.21. The van der Waals surface area contributed by atoms with Crippen LogP contribution in [0.1, 0.15) is 45.1 Å². The quantitative estimate of drug-likeness (QED) is 0.321. The van der Waals surface area contributed by atoms with Crippen molar-refractivity contribution in [2.75, 3.05) is 0 Å². The third-order valence-electron chi connectivity index (χ3n) is 3.17. The standard InChI is InChI=1S/C19H30OSi/c1-6-7-11-17(2)16-19(20-21(3,4)5)15-14-18-12-9-8-10-13-18/h8-10,12-13H,6-7,11,14-15H2,1-5H3. The van der Waals surface area contributed by atoms with Crippen LogP contribution in [0.4, 0.5) is 0 Å². The van der Waals surface area contributed by atoms with Gasteiger partial charge in [-0.15, -0.1) is 0 Å². The second-order valence-corrected chi connectivity index (χ2v) is 11.1. The third kappa shape index (κ3) is 8.59. The highest BCUT2D eigenvalue weighted by molar-refractivity contribution is 6.70. The van der Waals surface area contributed by atoms with Gasteiger partial charge in [0.05, 0.1) is 0 Å². The van der Waals surface area contributed by atoms with Gasteiger partial charge in [0.1, 0.15) is 5.76 Å². The molecule has 0 N–H and O–H groups in total. The van der Waals surface area contributed by atoms with Gasteiger partial charge in [-0.1, -0.05) is 49.4 Å². The molecular formula is C19H30OSi. The van der Waals surface area contributed by atoms with E-state index in [2.05, 4.69) is 69.6 Å². The number of benzene rings is 1. The summed E-state index contributed by atoms with van der Waals surface area (Å²) in [5.74, 6) is 1.05. The van der Waals surface area contributed by atoms with Crippen molar-refractivity contribution in [3.63, 3.8) is 0 Å². The van der Waals surface area contributed by atoms with Crippen LogP contribution in [-0.2, 0) is 10.8 Å². The summed E-state index contributed by atoms with van der Waals surface area (Å²) < 4.78 is 6.23. The van der Waals surface area contributed by atoms with Gasteiger partial charge in [-0.3, -0.25) is 0 Å². The molecule has 1 aromatic rings. The lowest BCUT2D eigenvalue weighted by atomic mass is 10.1. The van der Waals surface area contributed by atoms with Crippen molar-refractivity contribution in [1.29, 1.82) is 0 Å². The van der Waals surface area contributed by atoms with E-state index < -0.39 is 8.32 Å². The zero-order valence-electron chi connectivity index (χ0n) is 14.3. The largest absolute Gasteiger partial charge is 0.542 e. The van der Waals surface area contributed by atoms with Crippen molar-refractivity contribution in [1.82, 2.24) is 0 Å². The van der Waals surface area contributed by atoms with Crippen LogP contribution in [0.2, 0.25) is 19.6 Å². The summed E-state index contributed by atoms with van der Waals surface area (Å²) in [5, 5.41) is 0. The third-order valence-corrected chi connectivity index (χ3v) is 4.03. The molecule has 116 valence electrons. The molecule has 21 heavy (non-hydrogen) atoms. The predicted octanol–water partition coefficient (Wildman–Crippen LogP) is 6.09. The highest BCUT2D eigenvalue weighted by atomic mass is 28.4. The molecule has 0 fully saturated rings. The van der Waals surface area contributed by atoms with E-state index in [1.165, 1.54) is 24.0 Å². The van der Waals surface area contributed by atoms with Crippen molar-refractivity contribution in [3.8, 4) is 0 Å². The van der Waals surface area contributed by atoms with Crippen LogP contribution < -0.4 is 0 Å². The summed E-state index contributed by atoms with van der Waals surface area (Å²) in [6, 6.07) is 10.6. The molecule has 0 saturated carbocycles. The number of rotatable bonds is 8.